The van der Waals surface area contributed by atoms with Crippen LogP contribution in [-0.4, -0.2) is 26.4 Å². The molecule has 1 N–H and O–H groups in total. The Kier molecular flexibility index (Phi) is 51.5. The van der Waals surface area contributed by atoms with Gasteiger partial charge in [-0.15, -0.1) is 0 Å². The van der Waals surface area contributed by atoms with Crippen LogP contribution in [-0.2, 0) is 81.4 Å². The number of hydrogen-bond donors (Lipinski definition) is 1. The molecule has 0 aliphatic carbocycles. The average molecular weight is 658 g/mol. The maximum atomic E-state index is 11.3. The van der Waals surface area contributed by atoms with Crippen molar-refractivity contribution in [3.05, 3.63) is 100 Å². The molecule has 2 rings (SSSR count). The van der Waals surface area contributed by atoms with E-state index in [1.165, 1.54) is 0 Å². The van der Waals surface area contributed by atoms with Crippen molar-refractivity contribution in [3.63, 3.8) is 0 Å². The first-order valence-electron chi connectivity index (χ1n) is 9.79. The van der Waals surface area contributed by atoms with Crippen molar-refractivity contribution in [1.82, 2.24) is 0 Å². The van der Waals surface area contributed by atoms with Crippen LogP contribution in [0, 0.1) is 51.7 Å². The van der Waals surface area contributed by atoms with E-state index >= 15 is 0 Å². The van der Waals surface area contributed by atoms with Gasteiger partial charge >= 0.3 is 67.8 Å². The fourth-order valence-electron chi connectivity index (χ4n) is 2.43. The van der Waals surface area contributed by atoms with Gasteiger partial charge in [0.2, 0.25) is 0 Å². The Morgan fingerprint density at radius 3 is 1.55 bits per heavy atom. The molecule has 2 aromatic carbocycles. The Morgan fingerprint density at radius 1 is 0.775 bits per heavy atom. The smallest absolute Gasteiger partial charge is 0 e. The minimum Gasteiger partial charge on any atom is 0 e. The maximum absolute atomic E-state index is 11.3. The van der Waals surface area contributed by atoms with Gasteiger partial charge in [0, 0.05) is 40.0 Å². The van der Waals surface area contributed by atoms with E-state index < -0.39 is 22.3 Å². The number of rotatable bonds is 7. The van der Waals surface area contributed by atoms with E-state index in [4.69, 9.17) is 32.1 Å². The Hall–Kier alpha value is -2.68. The van der Waals surface area contributed by atoms with Gasteiger partial charge in [0.05, 0.1) is 6.26 Å². The third-order valence-electron chi connectivity index (χ3n) is 3.90. The monoisotopic (exact) mass is 658 g/mol. The summed E-state index contributed by atoms with van der Waals surface area (Å²) in [5.41, 5.74) is 0.889. The van der Waals surface area contributed by atoms with Crippen LogP contribution < -0.4 is 0 Å². The van der Waals surface area contributed by atoms with E-state index in [0.29, 0.717) is 12.0 Å². The van der Waals surface area contributed by atoms with Crippen molar-refractivity contribution in [2.75, 3.05) is 12.9 Å². The molecule has 1 unspecified atom stereocenters. The van der Waals surface area contributed by atoms with Crippen molar-refractivity contribution in [3.8, 4) is 23.0 Å². The summed E-state index contributed by atoms with van der Waals surface area (Å²) in [7, 11) is -3.68. The molecule has 0 spiro atoms. The average Bonchev–Trinajstić information content (AvgIpc) is 3.01. The molecule has 0 heterocycles. The first-order valence-corrected chi connectivity index (χ1v) is 11.6. The summed E-state index contributed by atoms with van der Waals surface area (Å²) >= 11 is 0. The van der Waals surface area contributed by atoms with Crippen LogP contribution in [0.4, 0.5) is 0 Å². The standard InChI is InChI=1S/C21H24O4S.6CO.2Co/c1-3-4-5-9-16-21(22,17-25-26(2,23)24)20-14-12-19(13-15-20)18-10-7-6-8-11-18;6*1-2;;/h6-8,10-15,22H,3-5,17H2,1-2H3;;;;;;;;. The first kappa shape index (κ1) is 53.6. The van der Waals surface area contributed by atoms with Gasteiger partial charge in [-0.3, -0.25) is 4.18 Å². The normalized spacial score (nSPS) is 9.07. The molecular weight excluding hydrogens is 634 g/mol. The quantitative estimate of drug-likeness (QED) is 0.157. The second-order valence-electron chi connectivity index (χ2n) is 6.18. The van der Waals surface area contributed by atoms with Crippen LogP contribution in [0.3, 0.4) is 0 Å². The van der Waals surface area contributed by atoms with Crippen molar-refractivity contribution in [2.45, 2.75) is 31.8 Å². The van der Waals surface area contributed by atoms with Crippen LogP contribution in [0.1, 0.15) is 31.7 Å². The second kappa shape index (κ2) is 38.5. The molecule has 10 nitrogen and oxygen atoms in total. The molecule has 13 heteroatoms. The number of hydrogen-bond acceptors (Lipinski definition) is 4. The minimum absolute atomic E-state index is 0. The van der Waals surface area contributed by atoms with E-state index in [0.717, 1.165) is 30.2 Å². The van der Waals surface area contributed by atoms with Gasteiger partial charge < -0.3 is 5.11 Å². The molecule has 0 amide bonds. The SMILES string of the molecule is CCCCC#CC(O)(COS(C)(=O)=O)c1ccc(-c2ccccc2)cc1.[C-]#[O+].[C-]#[O+].[C-]#[O+].[C-]#[O+].[C-]#[O+].[C-]#[O+].[Co].[Co]. The van der Waals surface area contributed by atoms with Gasteiger partial charge in [-0.25, -0.2) is 0 Å². The molecule has 0 aliphatic rings. The number of aliphatic hydroxyl groups is 1. The fourth-order valence-corrected chi connectivity index (χ4v) is 2.81. The fraction of sp³-hybridized carbons (Fsp3) is 0.259. The number of benzene rings is 2. The van der Waals surface area contributed by atoms with E-state index in [1.54, 1.807) is 12.1 Å². The molecular formula is C27H24Co2O10S. The Bertz CT molecular complexity index is 1100. The van der Waals surface area contributed by atoms with Crippen LogP contribution in [0.15, 0.2) is 54.6 Å². The predicted octanol–water partition coefficient (Wildman–Crippen LogP) is 3.48. The van der Waals surface area contributed by atoms with E-state index in [9.17, 15) is 13.5 Å². The zero-order chi connectivity index (χ0) is 31.0. The molecule has 0 aromatic heterocycles. The van der Waals surface area contributed by atoms with Crippen LogP contribution in [0.2, 0.25) is 0 Å². The zero-order valence-corrected chi connectivity index (χ0v) is 24.1. The Morgan fingerprint density at radius 2 is 1.18 bits per heavy atom. The van der Waals surface area contributed by atoms with E-state index in [2.05, 4.69) is 58.7 Å². The van der Waals surface area contributed by atoms with Gasteiger partial charge in [-0.05, 0) is 23.1 Å². The summed E-state index contributed by atoms with van der Waals surface area (Å²) in [6.45, 7) is 28.6. The van der Waals surface area contributed by atoms with Crippen molar-refractivity contribution in [1.29, 1.82) is 0 Å². The first-order chi connectivity index (χ1) is 18.3. The Balaban J connectivity index is -0.000000138. The van der Waals surface area contributed by atoms with Crippen LogP contribution in [0.5, 0.6) is 0 Å². The zero-order valence-electron chi connectivity index (χ0n) is 21.2. The molecule has 40 heavy (non-hydrogen) atoms. The topological polar surface area (TPSA) is 183 Å². The van der Waals surface area contributed by atoms with Crippen molar-refractivity contribution < 1.29 is 79.2 Å². The molecule has 0 saturated heterocycles. The molecule has 0 aliphatic heterocycles. The number of unbranched alkanes of at least 4 members (excludes halogenated alkanes) is 2. The van der Waals surface area contributed by atoms with Gasteiger partial charge in [-0.2, -0.15) is 8.42 Å². The largest absolute Gasteiger partial charge is 0 e. The summed E-state index contributed by atoms with van der Waals surface area (Å²) < 4.78 is 72.5. The molecule has 0 fully saturated rings. The summed E-state index contributed by atoms with van der Waals surface area (Å²) in [4.78, 5) is 0. The predicted molar refractivity (Wildman–Crippen MR) is 127 cm³/mol. The maximum Gasteiger partial charge on any atom is 0 e. The van der Waals surface area contributed by atoms with Gasteiger partial charge in [0.15, 0.2) is 5.60 Å². The van der Waals surface area contributed by atoms with Gasteiger partial charge in [0.25, 0.3) is 10.1 Å². The van der Waals surface area contributed by atoms with Crippen molar-refractivity contribution in [2.24, 2.45) is 0 Å². The molecule has 0 saturated carbocycles. The summed E-state index contributed by atoms with van der Waals surface area (Å²) in [5, 5.41) is 10.9. The third kappa shape index (κ3) is 26.9. The molecule has 2 radical (unpaired) electrons. The third-order valence-corrected chi connectivity index (χ3v) is 4.45. The van der Waals surface area contributed by atoms with Crippen molar-refractivity contribution >= 4 is 10.1 Å². The second-order valence-corrected chi connectivity index (χ2v) is 7.82. The summed E-state index contributed by atoms with van der Waals surface area (Å²) in [5.74, 6) is 5.73. The molecule has 2 aromatic rings. The molecule has 1 atom stereocenters. The van der Waals surface area contributed by atoms with Gasteiger partial charge in [-0.1, -0.05) is 79.8 Å². The summed E-state index contributed by atoms with van der Waals surface area (Å²) in [6.07, 6.45) is 3.51. The Labute approximate surface area is 256 Å². The molecule has 0 bridgehead atoms. The van der Waals surface area contributed by atoms with Crippen LogP contribution in [0.25, 0.3) is 11.1 Å². The van der Waals surface area contributed by atoms with E-state index in [-0.39, 0.29) is 33.6 Å². The minimum atomic E-state index is -3.68. The summed E-state index contributed by atoms with van der Waals surface area (Å²) in [6, 6.07) is 17.1. The van der Waals surface area contributed by atoms with Gasteiger partial charge in [0.1, 0.15) is 6.61 Å². The van der Waals surface area contributed by atoms with Crippen LogP contribution >= 0.6 is 0 Å². The molecule has 216 valence electrons. The van der Waals surface area contributed by atoms with E-state index in [1.807, 2.05) is 42.5 Å².